The third-order valence-electron chi connectivity index (χ3n) is 5.07. The minimum absolute atomic E-state index is 0.218. The van der Waals surface area contributed by atoms with Gasteiger partial charge in [-0.2, -0.15) is 0 Å². The first-order valence-electron chi connectivity index (χ1n) is 10.1. The summed E-state index contributed by atoms with van der Waals surface area (Å²) in [6, 6.07) is 17.3. The number of hydrogen-bond acceptors (Lipinski definition) is 4. The molecule has 166 valence electrons. The van der Waals surface area contributed by atoms with Gasteiger partial charge < -0.3 is 20.1 Å². The van der Waals surface area contributed by atoms with Crippen LogP contribution in [0, 0.1) is 13.8 Å². The van der Waals surface area contributed by atoms with Crippen LogP contribution in [-0.4, -0.2) is 25.0 Å². The standard InChI is InChI=1S/C25H25ClN2O4/c1-15-6-5-7-21(16(15)2)27-25(30)18-8-11-20(12-9-18)32-17(3)24(29)28-22-14-19(26)10-13-23(22)31-4/h5-14,17H,1-4H3,(H,27,30)(H,28,29). The van der Waals surface area contributed by atoms with E-state index in [1.54, 1.807) is 49.4 Å². The summed E-state index contributed by atoms with van der Waals surface area (Å²) >= 11 is 6.00. The first-order chi connectivity index (χ1) is 15.3. The van der Waals surface area contributed by atoms with Crippen molar-refractivity contribution in [3.05, 3.63) is 82.4 Å². The lowest BCUT2D eigenvalue weighted by Crippen LogP contribution is -2.30. The maximum absolute atomic E-state index is 12.6. The molecule has 2 amide bonds. The molecule has 0 fully saturated rings. The average molecular weight is 453 g/mol. The lowest BCUT2D eigenvalue weighted by atomic mass is 10.1. The van der Waals surface area contributed by atoms with Gasteiger partial charge in [0.05, 0.1) is 12.8 Å². The number of rotatable bonds is 7. The molecule has 1 unspecified atom stereocenters. The van der Waals surface area contributed by atoms with Gasteiger partial charge in [0.1, 0.15) is 11.5 Å². The highest BCUT2D eigenvalue weighted by Crippen LogP contribution is 2.28. The van der Waals surface area contributed by atoms with Crippen molar-refractivity contribution in [1.82, 2.24) is 0 Å². The van der Waals surface area contributed by atoms with E-state index in [0.717, 1.165) is 16.8 Å². The van der Waals surface area contributed by atoms with Crippen LogP contribution < -0.4 is 20.1 Å². The lowest BCUT2D eigenvalue weighted by Gasteiger charge is -2.16. The van der Waals surface area contributed by atoms with E-state index in [4.69, 9.17) is 21.1 Å². The van der Waals surface area contributed by atoms with Crippen molar-refractivity contribution >= 4 is 34.8 Å². The maximum Gasteiger partial charge on any atom is 0.265 e. The predicted octanol–water partition coefficient (Wildman–Crippen LogP) is 5.62. The zero-order chi connectivity index (χ0) is 23.3. The summed E-state index contributed by atoms with van der Waals surface area (Å²) in [6.45, 7) is 5.59. The second-order valence-corrected chi connectivity index (χ2v) is 7.76. The molecule has 6 nitrogen and oxygen atoms in total. The molecule has 3 aromatic carbocycles. The van der Waals surface area contributed by atoms with Crippen LogP contribution in [0.15, 0.2) is 60.7 Å². The van der Waals surface area contributed by atoms with Gasteiger partial charge >= 0.3 is 0 Å². The van der Waals surface area contributed by atoms with Crippen molar-refractivity contribution in [2.24, 2.45) is 0 Å². The summed E-state index contributed by atoms with van der Waals surface area (Å²) in [6.07, 6.45) is -0.784. The number of aryl methyl sites for hydroxylation is 1. The highest BCUT2D eigenvalue weighted by atomic mass is 35.5. The summed E-state index contributed by atoms with van der Waals surface area (Å²) in [4.78, 5) is 25.1. The summed E-state index contributed by atoms with van der Waals surface area (Å²) in [5, 5.41) is 6.15. The normalized spacial score (nSPS) is 11.4. The number of carbonyl (C=O) groups excluding carboxylic acids is 2. The molecule has 0 bridgehead atoms. The Morgan fingerprint density at radius 1 is 0.938 bits per heavy atom. The third-order valence-corrected chi connectivity index (χ3v) is 5.31. The Morgan fingerprint density at radius 3 is 2.34 bits per heavy atom. The Labute approximate surface area is 192 Å². The summed E-state index contributed by atoms with van der Waals surface area (Å²) in [5.41, 5.74) is 3.85. The van der Waals surface area contributed by atoms with E-state index in [1.165, 1.54) is 7.11 Å². The van der Waals surface area contributed by atoms with Crippen molar-refractivity contribution < 1.29 is 19.1 Å². The smallest absolute Gasteiger partial charge is 0.265 e. The number of nitrogens with one attached hydrogen (secondary N) is 2. The molecule has 7 heteroatoms. The maximum atomic E-state index is 12.6. The molecule has 0 aliphatic carbocycles. The van der Waals surface area contributed by atoms with E-state index < -0.39 is 6.10 Å². The summed E-state index contributed by atoms with van der Waals surface area (Å²) in [5.74, 6) is 0.384. The van der Waals surface area contributed by atoms with E-state index in [1.807, 2.05) is 32.0 Å². The number of amides is 2. The third kappa shape index (κ3) is 5.59. The summed E-state index contributed by atoms with van der Waals surface area (Å²) in [7, 11) is 1.51. The minimum Gasteiger partial charge on any atom is -0.495 e. The number of benzene rings is 3. The van der Waals surface area contributed by atoms with Crippen LogP contribution in [0.25, 0.3) is 0 Å². The number of anilines is 2. The van der Waals surface area contributed by atoms with Crippen LogP contribution in [0.1, 0.15) is 28.4 Å². The molecule has 0 aromatic heterocycles. The van der Waals surface area contributed by atoms with Gasteiger partial charge in [0.15, 0.2) is 6.10 Å². The molecule has 32 heavy (non-hydrogen) atoms. The van der Waals surface area contributed by atoms with E-state index in [-0.39, 0.29) is 11.8 Å². The Balaban J connectivity index is 1.62. The molecule has 0 aliphatic rings. The fraction of sp³-hybridized carbons (Fsp3) is 0.200. The van der Waals surface area contributed by atoms with Crippen LogP contribution in [0.2, 0.25) is 5.02 Å². The number of halogens is 1. The topological polar surface area (TPSA) is 76.7 Å². The SMILES string of the molecule is COc1ccc(Cl)cc1NC(=O)C(C)Oc1ccc(C(=O)Nc2cccc(C)c2C)cc1. The molecule has 1 atom stereocenters. The average Bonchev–Trinajstić information content (AvgIpc) is 2.77. The van der Waals surface area contributed by atoms with Gasteiger partial charge in [-0.1, -0.05) is 23.7 Å². The van der Waals surface area contributed by atoms with Crippen molar-refractivity contribution in [3.63, 3.8) is 0 Å². The van der Waals surface area contributed by atoms with E-state index in [2.05, 4.69) is 10.6 Å². The molecule has 0 aliphatic heterocycles. The molecular weight excluding hydrogens is 428 g/mol. The molecule has 3 aromatic rings. The van der Waals surface area contributed by atoms with Gasteiger partial charge in [-0.25, -0.2) is 0 Å². The van der Waals surface area contributed by atoms with Crippen LogP contribution in [0.3, 0.4) is 0 Å². The molecular formula is C25H25ClN2O4. The van der Waals surface area contributed by atoms with Gasteiger partial charge in [0.2, 0.25) is 0 Å². The van der Waals surface area contributed by atoms with Gasteiger partial charge in [0.25, 0.3) is 11.8 Å². The van der Waals surface area contributed by atoms with Gasteiger partial charge in [-0.3, -0.25) is 9.59 Å². The second-order valence-electron chi connectivity index (χ2n) is 7.32. The van der Waals surface area contributed by atoms with Crippen LogP contribution in [-0.2, 0) is 4.79 Å². The van der Waals surface area contributed by atoms with Crippen molar-refractivity contribution in [2.45, 2.75) is 26.9 Å². The number of carbonyl (C=O) groups is 2. The van der Waals surface area contributed by atoms with E-state index in [0.29, 0.717) is 27.8 Å². The molecule has 0 heterocycles. The number of methoxy groups -OCH3 is 1. The van der Waals surface area contributed by atoms with Gasteiger partial charge in [0, 0.05) is 16.3 Å². The van der Waals surface area contributed by atoms with Gasteiger partial charge in [-0.15, -0.1) is 0 Å². The molecule has 0 radical (unpaired) electrons. The Kier molecular flexibility index (Phi) is 7.38. The molecule has 3 rings (SSSR count). The highest BCUT2D eigenvalue weighted by Gasteiger charge is 2.17. The van der Waals surface area contributed by atoms with E-state index in [9.17, 15) is 9.59 Å². The Bertz CT molecular complexity index is 1130. The highest BCUT2D eigenvalue weighted by molar-refractivity contribution is 6.31. The zero-order valence-electron chi connectivity index (χ0n) is 18.4. The first-order valence-corrected chi connectivity index (χ1v) is 10.4. The predicted molar refractivity (Wildman–Crippen MR) is 127 cm³/mol. The van der Waals surface area contributed by atoms with Crippen LogP contribution >= 0.6 is 11.6 Å². The van der Waals surface area contributed by atoms with Crippen LogP contribution in [0.4, 0.5) is 11.4 Å². The molecule has 0 saturated carbocycles. The first kappa shape index (κ1) is 23.2. The van der Waals surface area contributed by atoms with Gasteiger partial charge in [-0.05, 0) is 80.4 Å². The second kappa shape index (κ2) is 10.2. The lowest BCUT2D eigenvalue weighted by molar-refractivity contribution is -0.122. The van der Waals surface area contributed by atoms with Crippen molar-refractivity contribution in [1.29, 1.82) is 0 Å². The van der Waals surface area contributed by atoms with Crippen LogP contribution in [0.5, 0.6) is 11.5 Å². The monoisotopic (exact) mass is 452 g/mol. The fourth-order valence-corrected chi connectivity index (χ4v) is 3.21. The Hall–Kier alpha value is -3.51. The number of ether oxygens (including phenoxy) is 2. The summed E-state index contributed by atoms with van der Waals surface area (Å²) < 4.78 is 11.0. The van der Waals surface area contributed by atoms with Crippen molar-refractivity contribution in [2.75, 3.05) is 17.7 Å². The van der Waals surface area contributed by atoms with E-state index >= 15 is 0 Å². The zero-order valence-corrected chi connectivity index (χ0v) is 19.1. The molecule has 0 saturated heterocycles. The largest absolute Gasteiger partial charge is 0.495 e. The Morgan fingerprint density at radius 2 is 1.66 bits per heavy atom. The fourth-order valence-electron chi connectivity index (χ4n) is 3.04. The molecule has 0 spiro atoms. The quantitative estimate of drug-likeness (QED) is 0.487. The van der Waals surface area contributed by atoms with Crippen molar-refractivity contribution in [3.8, 4) is 11.5 Å². The minimum atomic E-state index is -0.784. The molecule has 2 N–H and O–H groups in total. The number of hydrogen-bond donors (Lipinski definition) is 2.